The quantitative estimate of drug-likeness (QED) is 0.516. The maximum absolute atomic E-state index is 9.71. The van der Waals surface area contributed by atoms with Crippen molar-refractivity contribution in [3.05, 3.63) is 0 Å². The van der Waals surface area contributed by atoms with E-state index in [0.717, 1.165) is 12.8 Å². The van der Waals surface area contributed by atoms with Crippen molar-refractivity contribution < 1.29 is 9.84 Å². The van der Waals surface area contributed by atoms with Gasteiger partial charge in [-0.1, -0.05) is 0 Å². The summed E-state index contributed by atoms with van der Waals surface area (Å²) in [5.41, 5.74) is 0. The zero-order chi connectivity index (χ0) is 7.59. The minimum absolute atomic E-state index is 0.128. The first-order valence-corrected chi connectivity index (χ1v) is 4.33. The first-order valence-electron chi connectivity index (χ1n) is 4.33. The Hall–Kier alpha value is -0.120. The number of likely N-dealkylation sites (N-methyl/N-ethyl adjacent to an activating group) is 1. The number of nitrogens with zero attached hydrogens (tertiary/aromatic N) is 1. The maximum atomic E-state index is 9.71. The lowest BCUT2D eigenvalue weighted by Crippen LogP contribution is -2.44. The van der Waals surface area contributed by atoms with Crippen molar-refractivity contribution in [1.82, 2.24) is 4.90 Å². The number of rotatable bonds is 0. The van der Waals surface area contributed by atoms with Gasteiger partial charge in [-0.15, -0.1) is 0 Å². The number of ether oxygens (including phenoxy) is 1. The Bertz CT molecular complexity index is 175. The van der Waals surface area contributed by atoms with E-state index < -0.39 is 0 Å². The van der Waals surface area contributed by atoms with Gasteiger partial charge in [0.15, 0.2) is 0 Å². The Morgan fingerprint density at radius 1 is 1.36 bits per heavy atom. The van der Waals surface area contributed by atoms with Crippen LogP contribution in [0.25, 0.3) is 0 Å². The third-order valence-corrected chi connectivity index (χ3v) is 3.51. The van der Waals surface area contributed by atoms with Crippen LogP contribution in [0.1, 0.15) is 12.8 Å². The molecular formula is C8H13NO2. The molecule has 0 saturated carbocycles. The lowest BCUT2D eigenvalue weighted by Gasteiger charge is -2.33. The second-order valence-corrected chi connectivity index (χ2v) is 3.98. The molecule has 11 heavy (non-hydrogen) atoms. The highest BCUT2D eigenvalue weighted by molar-refractivity contribution is 5.10. The second-order valence-electron chi connectivity index (χ2n) is 3.98. The van der Waals surface area contributed by atoms with E-state index in [2.05, 4.69) is 11.9 Å². The highest BCUT2D eigenvalue weighted by Crippen LogP contribution is 2.44. The summed E-state index contributed by atoms with van der Waals surface area (Å²) in [6, 6.07) is 0.895. The van der Waals surface area contributed by atoms with Crippen LogP contribution in [-0.4, -0.2) is 47.4 Å². The van der Waals surface area contributed by atoms with E-state index in [0.29, 0.717) is 18.2 Å². The number of hydrogen-bond acceptors (Lipinski definition) is 3. The van der Waals surface area contributed by atoms with Crippen molar-refractivity contribution in [2.45, 2.75) is 43.2 Å². The molecule has 3 unspecified atom stereocenters. The average Bonchev–Trinajstić information content (AvgIpc) is 2.39. The van der Waals surface area contributed by atoms with Crippen molar-refractivity contribution in [3.63, 3.8) is 0 Å². The van der Waals surface area contributed by atoms with Gasteiger partial charge in [0.05, 0.1) is 12.2 Å². The Balaban J connectivity index is 2.00. The van der Waals surface area contributed by atoms with Gasteiger partial charge in [-0.3, -0.25) is 4.90 Å². The highest BCUT2D eigenvalue weighted by atomic mass is 16.5. The third-order valence-electron chi connectivity index (χ3n) is 3.51. The molecule has 62 valence electrons. The number of piperidine rings is 1. The molecular weight excluding hydrogens is 142 g/mol. The van der Waals surface area contributed by atoms with E-state index in [4.69, 9.17) is 4.74 Å². The van der Waals surface area contributed by atoms with E-state index in [9.17, 15) is 5.11 Å². The maximum Gasteiger partial charge on any atom is 0.101 e. The van der Waals surface area contributed by atoms with E-state index in [1.165, 1.54) is 0 Å². The first kappa shape index (κ1) is 6.40. The summed E-state index contributed by atoms with van der Waals surface area (Å²) in [5, 5.41) is 9.71. The fraction of sp³-hybridized carbons (Fsp3) is 1.00. The molecule has 0 radical (unpaired) electrons. The smallest absolute Gasteiger partial charge is 0.101 e. The summed E-state index contributed by atoms with van der Waals surface area (Å²) >= 11 is 0. The van der Waals surface area contributed by atoms with Gasteiger partial charge in [-0.05, 0) is 19.9 Å². The molecule has 0 aromatic heterocycles. The molecule has 0 aromatic carbocycles. The van der Waals surface area contributed by atoms with Gasteiger partial charge < -0.3 is 9.84 Å². The van der Waals surface area contributed by atoms with Gasteiger partial charge in [-0.25, -0.2) is 0 Å². The summed E-state index contributed by atoms with van der Waals surface area (Å²) in [4.78, 5) is 2.29. The Kier molecular flexibility index (Phi) is 1.04. The van der Waals surface area contributed by atoms with Crippen LogP contribution in [0, 0.1) is 0 Å². The van der Waals surface area contributed by atoms with Crippen molar-refractivity contribution in [2.75, 3.05) is 7.05 Å². The third kappa shape index (κ3) is 0.604. The molecule has 4 fully saturated rings. The zero-order valence-electron chi connectivity index (χ0n) is 6.60. The summed E-state index contributed by atoms with van der Waals surface area (Å²) in [6.45, 7) is 0. The molecule has 0 spiro atoms. The average molecular weight is 155 g/mol. The predicted molar refractivity (Wildman–Crippen MR) is 39.2 cm³/mol. The van der Waals surface area contributed by atoms with Crippen molar-refractivity contribution >= 4 is 0 Å². The van der Waals surface area contributed by atoms with Gasteiger partial charge >= 0.3 is 0 Å². The van der Waals surface area contributed by atoms with E-state index >= 15 is 0 Å². The van der Waals surface area contributed by atoms with Crippen LogP contribution in [-0.2, 0) is 4.74 Å². The number of aliphatic hydroxyl groups is 1. The number of hydrogen-bond donors (Lipinski definition) is 1. The van der Waals surface area contributed by atoms with Crippen molar-refractivity contribution in [1.29, 1.82) is 0 Å². The van der Waals surface area contributed by atoms with Gasteiger partial charge in [0.1, 0.15) is 6.10 Å². The molecule has 1 N–H and O–H groups in total. The van der Waals surface area contributed by atoms with Gasteiger partial charge in [0, 0.05) is 12.1 Å². The molecule has 4 saturated heterocycles. The molecule has 0 aromatic rings. The van der Waals surface area contributed by atoms with Crippen LogP contribution in [0.15, 0.2) is 0 Å². The van der Waals surface area contributed by atoms with Crippen molar-refractivity contribution in [3.8, 4) is 0 Å². The van der Waals surface area contributed by atoms with Gasteiger partial charge in [0.25, 0.3) is 0 Å². The molecule has 4 aliphatic heterocycles. The Morgan fingerprint density at radius 3 is 2.73 bits per heavy atom. The van der Waals surface area contributed by atoms with Crippen LogP contribution in [0.2, 0.25) is 0 Å². The molecule has 4 bridgehead atoms. The van der Waals surface area contributed by atoms with Crippen molar-refractivity contribution in [2.24, 2.45) is 0 Å². The van der Waals surface area contributed by atoms with Gasteiger partial charge in [-0.2, -0.15) is 0 Å². The first-order chi connectivity index (χ1) is 5.27. The molecule has 5 atom stereocenters. The van der Waals surface area contributed by atoms with Gasteiger partial charge in [0.2, 0.25) is 0 Å². The van der Waals surface area contributed by atoms with Crippen LogP contribution in [0.4, 0.5) is 0 Å². The molecule has 3 nitrogen and oxygen atoms in total. The molecule has 0 amide bonds. The minimum atomic E-state index is -0.219. The topological polar surface area (TPSA) is 32.7 Å². The molecule has 0 aliphatic carbocycles. The standard InChI is InChI=1S/C8H13NO2/c1-9-5-2-4-3-6(9)8(11-4)7(5)10/h4-8,10H,2-3H2,1H3/t4?,5?,6?,7-,8-/m0/s1. The lowest BCUT2D eigenvalue weighted by atomic mass is 10.0. The highest BCUT2D eigenvalue weighted by Gasteiger charge is 2.57. The predicted octanol–water partition coefficient (Wildman–Crippen LogP) is -0.409. The molecule has 4 rings (SSSR count). The van der Waals surface area contributed by atoms with E-state index in [1.54, 1.807) is 0 Å². The molecule has 4 heterocycles. The molecule has 3 heteroatoms. The second kappa shape index (κ2) is 1.79. The monoisotopic (exact) mass is 155 g/mol. The fourth-order valence-electron chi connectivity index (χ4n) is 2.91. The summed E-state index contributed by atoms with van der Waals surface area (Å²) in [5.74, 6) is 0. The lowest BCUT2D eigenvalue weighted by molar-refractivity contribution is -0.0758. The summed E-state index contributed by atoms with van der Waals surface area (Å²) in [7, 11) is 2.10. The number of aliphatic hydroxyl groups excluding tert-OH is 1. The minimum Gasteiger partial charge on any atom is -0.389 e. The van der Waals surface area contributed by atoms with E-state index in [-0.39, 0.29) is 12.2 Å². The normalized spacial score (nSPS) is 61.1. The van der Waals surface area contributed by atoms with Crippen LogP contribution >= 0.6 is 0 Å². The largest absolute Gasteiger partial charge is 0.389 e. The summed E-state index contributed by atoms with van der Waals surface area (Å²) < 4.78 is 5.64. The Labute approximate surface area is 65.9 Å². The Morgan fingerprint density at radius 2 is 2.09 bits per heavy atom. The fourth-order valence-corrected chi connectivity index (χ4v) is 2.91. The zero-order valence-corrected chi connectivity index (χ0v) is 6.60. The summed E-state index contributed by atoms with van der Waals surface area (Å²) in [6.07, 6.45) is 2.53. The SMILES string of the molecule is CN1C2CC3CC1[C@H](O3)[C@H]2O. The van der Waals surface area contributed by atoms with Crippen LogP contribution < -0.4 is 0 Å². The molecule has 4 aliphatic rings. The van der Waals surface area contributed by atoms with E-state index in [1.807, 2.05) is 0 Å². The van der Waals surface area contributed by atoms with Crippen LogP contribution in [0.5, 0.6) is 0 Å². The van der Waals surface area contributed by atoms with Crippen LogP contribution in [0.3, 0.4) is 0 Å².